The lowest BCUT2D eigenvalue weighted by Gasteiger charge is -2.16. The second-order valence-corrected chi connectivity index (χ2v) is 8.14. The van der Waals surface area contributed by atoms with Crippen LogP contribution in [0.2, 0.25) is 0 Å². The number of allylic oxidation sites excluding steroid dienone is 4. The maximum Gasteiger partial charge on any atom is 0.140 e. The highest BCUT2D eigenvalue weighted by Gasteiger charge is 2.24. The summed E-state index contributed by atoms with van der Waals surface area (Å²) >= 11 is 1.57. The van der Waals surface area contributed by atoms with Crippen LogP contribution in [0.3, 0.4) is 0 Å². The molecule has 2 rings (SSSR count). The van der Waals surface area contributed by atoms with Gasteiger partial charge in [-0.25, -0.2) is 0 Å². The van der Waals surface area contributed by atoms with Crippen molar-refractivity contribution < 1.29 is 9.53 Å². The number of methoxy groups -OCH3 is 1. The van der Waals surface area contributed by atoms with E-state index >= 15 is 0 Å². The van der Waals surface area contributed by atoms with Gasteiger partial charge in [-0.15, -0.1) is 11.8 Å². The van der Waals surface area contributed by atoms with Crippen LogP contribution in [-0.4, -0.2) is 18.6 Å². The maximum absolute atomic E-state index is 11.5. The van der Waals surface area contributed by atoms with Crippen LogP contribution >= 0.6 is 11.8 Å². The summed E-state index contributed by atoms with van der Waals surface area (Å²) in [6.07, 6.45) is 7.58. The smallest absolute Gasteiger partial charge is 0.140 e. The Morgan fingerprint density at radius 3 is 2.38 bits per heavy atom. The predicted octanol–water partition coefficient (Wildman–Crippen LogP) is 6.75. The molecule has 3 nitrogen and oxygen atoms in total. The molecule has 1 aromatic carbocycles. The lowest BCUT2D eigenvalue weighted by Crippen LogP contribution is -2.07. The Labute approximate surface area is 181 Å². The predicted molar refractivity (Wildman–Crippen MR) is 128 cm³/mol. The summed E-state index contributed by atoms with van der Waals surface area (Å²) in [7, 11) is 1.66. The summed E-state index contributed by atoms with van der Waals surface area (Å²) in [6.45, 7) is 12.0. The molecule has 0 aromatic heterocycles. The van der Waals surface area contributed by atoms with Crippen LogP contribution in [0.5, 0.6) is 5.75 Å². The summed E-state index contributed by atoms with van der Waals surface area (Å²) in [6, 6.07) is 7.96. The number of Topliss-reactive ketones (excluding diaryl/α,β-unsaturated/α-hetero) is 1. The SMILES string of the molecule is C=C(/C=C(\C(N)=C(/CCCC)SCC(C)=O)c1ccc(OC)cc1)C1CC1.CC. The lowest BCUT2D eigenvalue weighted by molar-refractivity contribution is -0.114. The molecule has 1 saturated carbocycles. The maximum atomic E-state index is 11.5. The van der Waals surface area contributed by atoms with Gasteiger partial charge in [-0.3, -0.25) is 4.79 Å². The first-order valence-corrected chi connectivity index (χ1v) is 11.6. The molecule has 0 bridgehead atoms. The molecule has 0 aliphatic heterocycles. The van der Waals surface area contributed by atoms with Crippen molar-refractivity contribution in [3.05, 3.63) is 58.7 Å². The van der Waals surface area contributed by atoms with Gasteiger partial charge in [0, 0.05) is 16.2 Å². The van der Waals surface area contributed by atoms with E-state index in [1.54, 1.807) is 25.8 Å². The van der Waals surface area contributed by atoms with Gasteiger partial charge in [0.05, 0.1) is 12.9 Å². The lowest BCUT2D eigenvalue weighted by atomic mass is 9.98. The van der Waals surface area contributed by atoms with Crippen molar-refractivity contribution in [3.8, 4) is 5.75 Å². The van der Waals surface area contributed by atoms with E-state index in [-0.39, 0.29) is 5.78 Å². The van der Waals surface area contributed by atoms with E-state index in [1.807, 2.05) is 38.1 Å². The van der Waals surface area contributed by atoms with E-state index in [4.69, 9.17) is 10.5 Å². The zero-order chi connectivity index (χ0) is 21.8. The van der Waals surface area contributed by atoms with E-state index in [0.29, 0.717) is 11.7 Å². The Balaban J connectivity index is 0.00000204. The molecule has 1 aliphatic carbocycles. The first-order valence-electron chi connectivity index (χ1n) is 10.6. The molecule has 160 valence electrons. The fraction of sp³-hybridized carbons (Fsp3) is 0.480. The molecule has 1 aliphatic rings. The van der Waals surface area contributed by atoms with E-state index in [1.165, 1.54) is 12.8 Å². The summed E-state index contributed by atoms with van der Waals surface area (Å²) in [5, 5.41) is 0. The highest BCUT2D eigenvalue weighted by Crippen LogP contribution is 2.39. The zero-order valence-corrected chi connectivity index (χ0v) is 19.5. The minimum Gasteiger partial charge on any atom is -0.497 e. The van der Waals surface area contributed by atoms with Crippen molar-refractivity contribution >= 4 is 23.1 Å². The highest BCUT2D eigenvalue weighted by atomic mass is 32.2. The number of hydrogen-bond acceptors (Lipinski definition) is 4. The zero-order valence-electron chi connectivity index (χ0n) is 18.7. The molecule has 1 fully saturated rings. The number of carbonyl (C=O) groups is 1. The Hall–Kier alpha value is -1.94. The van der Waals surface area contributed by atoms with Crippen LogP contribution in [0.1, 0.15) is 65.4 Å². The molecule has 4 heteroatoms. The minimum atomic E-state index is 0.166. The van der Waals surface area contributed by atoms with Crippen LogP contribution in [0.15, 0.2) is 53.1 Å². The van der Waals surface area contributed by atoms with Gasteiger partial charge in [0.2, 0.25) is 0 Å². The molecular weight excluding hydrogens is 378 g/mol. The van der Waals surface area contributed by atoms with Gasteiger partial charge in [0.1, 0.15) is 11.5 Å². The molecule has 1 aromatic rings. The van der Waals surface area contributed by atoms with Crippen molar-refractivity contribution in [3.63, 3.8) is 0 Å². The number of unbranched alkanes of at least 4 members (excludes halogenated alkanes) is 1. The molecule has 29 heavy (non-hydrogen) atoms. The molecule has 0 saturated heterocycles. The van der Waals surface area contributed by atoms with Crippen molar-refractivity contribution in [1.82, 2.24) is 0 Å². The van der Waals surface area contributed by atoms with Crippen molar-refractivity contribution in [1.29, 1.82) is 0 Å². The monoisotopic (exact) mass is 415 g/mol. The third kappa shape index (κ3) is 8.53. The summed E-state index contributed by atoms with van der Waals surface area (Å²) in [5.74, 6) is 2.02. The second-order valence-electron chi connectivity index (χ2n) is 7.07. The quantitative estimate of drug-likeness (QED) is 0.406. The van der Waals surface area contributed by atoms with Gasteiger partial charge in [0.15, 0.2) is 0 Å². The van der Waals surface area contributed by atoms with Gasteiger partial charge in [0.25, 0.3) is 0 Å². The van der Waals surface area contributed by atoms with Gasteiger partial charge < -0.3 is 10.5 Å². The highest BCUT2D eigenvalue weighted by molar-refractivity contribution is 8.03. The van der Waals surface area contributed by atoms with Crippen molar-refractivity contribution in [2.45, 2.75) is 59.8 Å². The third-order valence-corrected chi connectivity index (χ3v) is 5.95. The Morgan fingerprint density at radius 2 is 1.90 bits per heavy atom. The molecular formula is C25H37NO2S. The molecule has 0 unspecified atom stereocenters. The third-order valence-electron chi connectivity index (χ3n) is 4.63. The Kier molecular flexibility index (Phi) is 11.5. The summed E-state index contributed by atoms with van der Waals surface area (Å²) < 4.78 is 5.28. The average molecular weight is 416 g/mol. The topological polar surface area (TPSA) is 52.3 Å². The fourth-order valence-corrected chi connectivity index (χ4v) is 3.74. The number of thioether (sulfide) groups is 1. The van der Waals surface area contributed by atoms with Crippen molar-refractivity contribution in [2.24, 2.45) is 11.7 Å². The van der Waals surface area contributed by atoms with E-state index in [0.717, 1.165) is 52.3 Å². The molecule has 0 heterocycles. The summed E-state index contributed by atoms with van der Waals surface area (Å²) in [4.78, 5) is 12.6. The van der Waals surface area contributed by atoms with Gasteiger partial charge in [-0.2, -0.15) is 0 Å². The first-order chi connectivity index (χ1) is 14.0. The van der Waals surface area contributed by atoms with E-state index in [9.17, 15) is 4.79 Å². The van der Waals surface area contributed by atoms with Crippen LogP contribution in [0.25, 0.3) is 5.57 Å². The fourth-order valence-electron chi connectivity index (χ4n) is 2.81. The van der Waals surface area contributed by atoms with Gasteiger partial charge in [-0.05, 0) is 62.3 Å². The number of benzene rings is 1. The number of carbonyl (C=O) groups excluding carboxylic acids is 1. The molecule has 2 N–H and O–H groups in total. The standard InChI is InChI=1S/C23H31NO2S.C2H6/c1-5-6-7-22(27-15-17(3)25)23(24)21(14-16(2)18-8-9-18)19-10-12-20(26-4)13-11-19;1-2/h10-14,18H,2,5-9,15,24H2,1,3-4H3;1-2H3/b21-14-,23-22-;. The van der Waals surface area contributed by atoms with Crippen LogP contribution in [-0.2, 0) is 4.79 Å². The van der Waals surface area contributed by atoms with Gasteiger partial charge in [-0.1, -0.05) is 51.5 Å². The number of hydrogen-bond donors (Lipinski definition) is 1. The van der Waals surface area contributed by atoms with Gasteiger partial charge >= 0.3 is 0 Å². The molecule has 0 amide bonds. The molecule has 0 atom stereocenters. The summed E-state index contributed by atoms with van der Waals surface area (Å²) in [5.41, 5.74) is 10.6. The number of rotatable bonds is 11. The normalized spacial score (nSPS) is 14.4. The van der Waals surface area contributed by atoms with Crippen LogP contribution < -0.4 is 10.5 Å². The minimum absolute atomic E-state index is 0.166. The van der Waals surface area contributed by atoms with E-state index < -0.39 is 0 Å². The average Bonchev–Trinajstić information content (AvgIpc) is 3.58. The number of ether oxygens (including phenoxy) is 1. The van der Waals surface area contributed by atoms with Crippen molar-refractivity contribution in [2.75, 3.05) is 12.9 Å². The number of nitrogens with two attached hydrogens (primary N) is 1. The Morgan fingerprint density at radius 1 is 1.28 bits per heavy atom. The largest absolute Gasteiger partial charge is 0.497 e. The van der Waals surface area contributed by atoms with E-state index in [2.05, 4.69) is 19.6 Å². The molecule has 0 radical (unpaired) electrons. The molecule has 0 spiro atoms. The first kappa shape index (κ1) is 25.1. The number of ketones is 1. The Bertz CT molecular complexity index is 728. The second kappa shape index (κ2) is 13.3. The van der Waals surface area contributed by atoms with Crippen LogP contribution in [0.4, 0.5) is 0 Å². The van der Waals surface area contributed by atoms with Crippen LogP contribution in [0, 0.1) is 5.92 Å².